The number of alkyl halides is 3. The lowest BCUT2D eigenvalue weighted by molar-refractivity contribution is -0.137. The van der Waals surface area contributed by atoms with E-state index < -0.39 is 17.3 Å². The Balaban J connectivity index is 1.74. The molecule has 0 unspecified atom stereocenters. The molecule has 2 rings (SSSR count). The van der Waals surface area contributed by atoms with Crippen molar-refractivity contribution < 1.29 is 27.4 Å². The van der Waals surface area contributed by atoms with Crippen molar-refractivity contribution in [2.45, 2.75) is 24.6 Å². The van der Waals surface area contributed by atoms with Crippen LogP contribution in [0.2, 0.25) is 0 Å². The summed E-state index contributed by atoms with van der Waals surface area (Å²) < 4.78 is 47.7. The van der Waals surface area contributed by atoms with E-state index in [-0.39, 0.29) is 19.1 Å². The highest BCUT2D eigenvalue weighted by Gasteiger charge is 2.35. The Hall–Kier alpha value is -1.80. The topological polar surface area (TPSA) is 73.6 Å². The minimum absolute atomic E-state index is 0.143. The first-order valence-corrected chi connectivity index (χ1v) is 7.26. The molecule has 8 heteroatoms. The van der Waals surface area contributed by atoms with E-state index in [0.717, 1.165) is 12.1 Å². The third kappa shape index (κ3) is 4.84. The predicted molar refractivity (Wildman–Crippen MR) is 76.9 cm³/mol. The number of halogens is 3. The number of nitrogens with two attached hydrogens (primary N) is 1. The fourth-order valence-corrected chi connectivity index (χ4v) is 2.21. The molecule has 0 spiro atoms. The Labute approximate surface area is 131 Å². The Kier molecular flexibility index (Phi) is 5.48. The molecule has 1 aliphatic heterocycles. The molecule has 128 valence electrons. The van der Waals surface area contributed by atoms with Gasteiger partial charge in [-0.25, -0.2) is 0 Å². The first kappa shape index (κ1) is 17.6. The zero-order valence-electron chi connectivity index (χ0n) is 12.5. The van der Waals surface area contributed by atoms with Crippen LogP contribution < -0.4 is 15.8 Å². The summed E-state index contributed by atoms with van der Waals surface area (Å²) in [6, 6.07) is 4.39. The third-order valence-electron chi connectivity index (χ3n) is 3.68. The zero-order chi connectivity index (χ0) is 16.9. The third-order valence-corrected chi connectivity index (χ3v) is 3.68. The second-order valence-electron chi connectivity index (χ2n) is 5.40. The maximum Gasteiger partial charge on any atom is 0.416 e. The lowest BCUT2D eigenvalue weighted by Gasteiger charge is -2.31. The molecular weight excluding hydrogens is 313 g/mol. The van der Waals surface area contributed by atoms with E-state index in [1.165, 1.54) is 12.1 Å². The highest BCUT2D eigenvalue weighted by atomic mass is 19.4. The lowest BCUT2D eigenvalue weighted by Crippen LogP contribution is -2.57. The van der Waals surface area contributed by atoms with Gasteiger partial charge in [-0.05, 0) is 37.1 Å². The molecule has 0 atom stereocenters. The molecule has 1 aromatic rings. The Morgan fingerprint density at radius 3 is 2.43 bits per heavy atom. The first-order valence-electron chi connectivity index (χ1n) is 7.26. The predicted octanol–water partition coefficient (Wildman–Crippen LogP) is 1.71. The Morgan fingerprint density at radius 2 is 1.87 bits per heavy atom. The molecule has 1 fully saturated rings. The fourth-order valence-electron chi connectivity index (χ4n) is 2.21. The molecular formula is C15H19F3N2O3. The monoisotopic (exact) mass is 332 g/mol. The van der Waals surface area contributed by atoms with Crippen LogP contribution in [0.15, 0.2) is 24.3 Å². The van der Waals surface area contributed by atoms with Gasteiger partial charge in [0.05, 0.1) is 17.6 Å². The minimum Gasteiger partial charge on any atom is -0.492 e. The number of ether oxygens (including phenoxy) is 2. The molecule has 1 heterocycles. The summed E-state index contributed by atoms with van der Waals surface area (Å²) in [5, 5.41) is 2.67. The summed E-state index contributed by atoms with van der Waals surface area (Å²) in [5.41, 5.74) is 4.36. The summed E-state index contributed by atoms with van der Waals surface area (Å²) >= 11 is 0. The van der Waals surface area contributed by atoms with E-state index in [9.17, 15) is 18.0 Å². The van der Waals surface area contributed by atoms with Gasteiger partial charge in [0.2, 0.25) is 5.91 Å². The van der Waals surface area contributed by atoms with Crippen molar-refractivity contribution >= 4 is 5.91 Å². The molecule has 0 aromatic heterocycles. The van der Waals surface area contributed by atoms with Crippen LogP contribution >= 0.6 is 0 Å². The smallest absolute Gasteiger partial charge is 0.416 e. The van der Waals surface area contributed by atoms with Crippen LogP contribution in [0.25, 0.3) is 0 Å². The molecule has 5 nitrogen and oxygen atoms in total. The van der Waals surface area contributed by atoms with Crippen LogP contribution in [0.4, 0.5) is 13.2 Å². The second-order valence-corrected chi connectivity index (χ2v) is 5.40. The Bertz CT molecular complexity index is 526. The molecule has 0 aliphatic carbocycles. The molecule has 1 amide bonds. The number of rotatable bonds is 5. The summed E-state index contributed by atoms with van der Waals surface area (Å²) in [4.78, 5) is 12.0. The molecule has 3 N–H and O–H groups in total. The van der Waals surface area contributed by atoms with Gasteiger partial charge >= 0.3 is 6.18 Å². The number of amides is 1. The van der Waals surface area contributed by atoms with Crippen LogP contribution in [0.1, 0.15) is 18.4 Å². The van der Waals surface area contributed by atoms with Crippen LogP contribution in [-0.2, 0) is 15.7 Å². The highest BCUT2D eigenvalue weighted by molar-refractivity contribution is 5.86. The van der Waals surface area contributed by atoms with E-state index in [2.05, 4.69) is 5.32 Å². The molecule has 1 aliphatic rings. The lowest BCUT2D eigenvalue weighted by atomic mass is 9.90. The van der Waals surface area contributed by atoms with E-state index in [1.54, 1.807) is 0 Å². The van der Waals surface area contributed by atoms with Crippen LogP contribution in [0.3, 0.4) is 0 Å². The summed E-state index contributed by atoms with van der Waals surface area (Å²) in [7, 11) is 0. The van der Waals surface area contributed by atoms with Crippen molar-refractivity contribution in [3.05, 3.63) is 29.8 Å². The van der Waals surface area contributed by atoms with Crippen molar-refractivity contribution in [2.24, 2.45) is 5.73 Å². The number of carbonyl (C=O) groups excluding carboxylic acids is 1. The van der Waals surface area contributed by atoms with Crippen molar-refractivity contribution in [1.82, 2.24) is 5.32 Å². The van der Waals surface area contributed by atoms with Crippen LogP contribution in [0.5, 0.6) is 5.75 Å². The molecule has 0 radical (unpaired) electrons. The van der Waals surface area contributed by atoms with Gasteiger partial charge < -0.3 is 20.5 Å². The highest BCUT2D eigenvalue weighted by Crippen LogP contribution is 2.30. The summed E-state index contributed by atoms with van der Waals surface area (Å²) in [5.74, 6) is 0.0394. The van der Waals surface area contributed by atoms with Crippen LogP contribution in [-0.4, -0.2) is 37.8 Å². The number of nitrogens with one attached hydrogen (secondary N) is 1. The number of carbonyl (C=O) groups is 1. The average Bonchev–Trinajstić information content (AvgIpc) is 2.51. The van der Waals surface area contributed by atoms with Gasteiger partial charge in [0, 0.05) is 13.2 Å². The standard InChI is InChI=1S/C15H19F3N2O3/c16-15(17,18)11-1-3-12(4-2-11)23-10-7-20-13(21)14(19)5-8-22-9-6-14/h1-4H,5-10,19H2,(H,20,21). The maximum atomic E-state index is 12.4. The van der Waals surface area contributed by atoms with E-state index in [4.69, 9.17) is 15.2 Å². The Morgan fingerprint density at radius 1 is 1.26 bits per heavy atom. The number of benzene rings is 1. The van der Waals surface area contributed by atoms with E-state index in [1.807, 2.05) is 0 Å². The summed E-state index contributed by atoms with van der Waals surface area (Å²) in [6.07, 6.45) is -3.46. The SMILES string of the molecule is NC1(C(=O)NCCOc2ccc(C(F)(F)F)cc2)CCOCC1. The average molecular weight is 332 g/mol. The van der Waals surface area contributed by atoms with Gasteiger partial charge in [0.25, 0.3) is 0 Å². The second kappa shape index (κ2) is 7.18. The van der Waals surface area contributed by atoms with Gasteiger partial charge in [-0.2, -0.15) is 13.2 Å². The van der Waals surface area contributed by atoms with Gasteiger partial charge in [-0.15, -0.1) is 0 Å². The fraction of sp³-hybridized carbons (Fsp3) is 0.533. The quantitative estimate of drug-likeness (QED) is 0.805. The molecule has 1 aromatic carbocycles. The summed E-state index contributed by atoms with van der Waals surface area (Å²) in [6.45, 7) is 1.27. The van der Waals surface area contributed by atoms with Gasteiger partial charge in [-0.3, -0.25) is 4.79 Å². The zero-order valence-corrected chi connectivity index (χ0v) is 12.5. The largest absolute Gasteiger partial charge is 0.492 e. The first-order chi connectivity index (χ1) is 10.8. The van der Waals surface area contributed by atoms with Gasteiger partial charge in [0.1, 0.15) is 12.4 Å². The van der Waals surface area contributed by atoms with Gasteiger partial charge in [-0.1, -0.05) is 0 Å². The molecule has 0 bridgehead atoms. The van der Waals surface area contributed by atoms with Crippen molar-refractivity contribution in [1.29, 1.82) is 0 Å². The normalized spacial score (nSPS) is 17.6. The van der Waals surface area contributed by atoms with E-state index in [0.29, 0.717) is 31.8 Å². The van der Waals surface area contributed by atoms with Crippen molar-refractivity contribution in [2.75, 3.05) is 26.4 Å². The minimum atomic E-state index is -4.37. The molecule has 0 saturated carbocycles. The number of hydrogen-bond donors (Lipinski definition) is 2. The molecule has 1 saturated heterocycles. The van der Waals surface area contributed by atoms with Crippen LogP contribution in [0, 0.1) is 0 Å². The number of hydrogen-bond acceptors (Lipinski definition) is 4. The maximum absolute atomic E-state index is 12.4. The van der Waals surface area contributed by atoms with Crippen molar-refractivity contribution in [3.8, 4) is 5.75 Å². The van der Waals surface area contributed by atoms with Crippen molar-refractivity contribution in [3.63, 3.8) is 0 Å². The molecule has 23 heavy (non-hydrogen) atoms. The van der Waals surface area contributed by atoms with E-state index >= 15 is 0 Å². The van der Waals surface area contributed by atoms with Gasteiger partial charge in [0.15, 0.2) is 0 Å².